The highest BCUT2D eigenvalue weighted by Gasteiger charge is 2.47. The number of unbranched alkanes of at least 4 members (excludes halogenated alkanes) is 3. The van der Waals surface area contributed by atoms with Gasteiger partial charge in [0.25, 0.3) is 0 Å². The smallest absolute Gasteiger partial charge is 0.338 e. The van der Waals surface area contributed by atoms with Gasteiger partial charge in [-0.05, 0) is 6.42 Å². The second-order valence-electron chi connectivity index (χ2n) is 3.92. The lowest BCUT2D eigenvalue weighted by atomic mass is 9.93. The molecule has 2 atom stereocenters. The molecule has 1 aliphatic heterocycles. The molecule has 0 aromatic heterocycles. The van der Waals surface area contributed by atoms with E-state index in [1.807, 2.05) is 0 Å². The Bertz CT molecular complexity index is 204. The molecule has 1 fully saturated rings. The molecule has 1 aliphatic rings. The number of ether oxygens (including phenoxy) is 1. The van der Waals surface area contributed by atoms with Gasteiger partial charge in [0.1, 0.15) is 12.2 Å². The van der Waals surface area contributed by atoms with Crippen LogP contribution in [0.3, 0.4) is 0 Å². The highest BCUT2D eigenvalue weighted by Crippen LogP contribution is 2.26. The van der Waals surface area contributed by atoms with Crippen molar-refractivity contribution in [3.8, 4) is 0 Å². The third-order valence-corrected chi connectivity index (χ3v) is 2.66. The van der Waals surface area contributed by atoms with Crippen LogP contribution < -0.4 is 0 Å². The molecule has 0 aromatic rings. The second kappa shape index (κ2) is 4.75. The molecule has 4 nitrogen and oxygen atoms in total. The molecule has 2 N–H and O–H groups in total. The van der Waals surface area contributed by atoms with Crippen LogP contribution in [0.2, 0.25) is 0 Å². The minimum absolute atomic E-state index is 0.0703. The lowest BCUT2D eigenvalue weighted by Gasteiger charge is -2.21. The minimum Gasteiger partial charge on any atom is -0.460 e. The van der Waals surface area contributed by atoms with Crippen LogP contribution >= 0.6 is 0 Å². The molecule has 0 amide bonds. The monoisotopic (exact) mass is 202 g/mol. The first-order valence-corrected chi connectivity index (χ1v) is 5.17. The molecule has 1 saturated heterocycles. The van der Waals surface area contributed by atoms with E-state index in [1.54, 1.807) is 0 Å². The molecule has 4 heteroatoms. The number of cyclic esters (lactones) is 1. The Labute approximate surface area is 83.9 Å². The third kappa shape index (κ3) is 2.45. The summed E-state index contributed by atoms with van der Waals surface area (Å²) < 4.78 is 4.60. The molecule has 0 aromatic carbocycles. The van der Waals surface area contributed by atoms with Crippen LogP contribution in [0.15, 0.2) is 0 Å². The number of aliphatic hydroxyl groups is 2. The fraction of sp³-hybridized carbons (Fsp3) is 0.900. The van der Waals surface area contributed by atoms with Crippen LogP contribution in [-0.4, -0.2) is 34.5 Å². The Hall–Kier alpha value is -0.610. The zero-order valence-electron chi connectivity index (χ0n) is 8.53. The molecule has 0 radical (unpaired) electrons. The zero-order chi connectivity index (χ0) is 10.6. The van der Waals surface area contributed by atoms with Crippen LogP contribution in [0.25, 0.3) is 0 Å². The summed E-state index contributed by atoms with van der Waals surface area (Å²) >= 11 is 0. The van der Waals surface area contributed by atoms with Crippen LogP contribution in [-0.2, 0) is 9.53 Å². The molecule has 0 saturated carbocycles. The average Bonchev–Trinajstić information content (AvgIpc) is 2.42. The van der Waals surface area contributed by atoms with Crippen molar-refractivity contribution >= 4 is 5.97 Å². The van der Waals surface area contributed by atoms with Crippen LogP contribution in [0.5, 0.6) is 0 Å². The third-order valence-electron chi connectivity index (χ3n) is 2.66. The minimum atomic E-state index is -1.36. The summed E-state index contributed by atoms with van der Waals surface area (Å²) in [6.45, 7) is 2.03. The summed E-state index contributed by atoms with van der Waals surface area (Å²) in [5, 5.41) is 19.2. The van der Waals surface area contributed by atoms with Gasteiger partial charge in [0.15, 0.2) is 6.10 Å². The van der Waals surface area contributed by atoms with Crippen molar-refractivity contribution in [3.05, 3.63) is 0 Å². The van der Waals surface area contributed by atoms with Crippen molar-refractivity contribution in [3.63, 3.8) is 0 Å². The number of esters is 1. The van der Waals surface area contributed by atoms with E-state index in [2.05, 4.69) is 11.7 Å². The SMILES string of the molecule is CCCCCC[C@]1(O)COC(=O)[C@H]1O. The second-order valence-corrected chi connectivity index (χ2v) is 3.92. The molecule has 1 heterocycles. The maximum atomic E-state index is 10.8. The van der Waals surface area contributed by atoms with E-state index >= 15 is 0 Å². The number of rotatable bonds is 5. The average molecular weight is 202 g/mol. The summed E-state index contributed by atoms with van der Waals surface area (Å²) in [7, 11) is 0. The zero-order valence-corrected chi connectivity index (χ0v) is 8.53. The van der Waals surface area contributed by atoms with E-state index < -0.39 is 17.7 Å². The van der Waals surface area contributed by atoms with Crippen molar-refractivity contribution in [1.29, 1.82) is 0 Å². The van der Waals surface area contributed by atoms with Gasteiger partial charge in [-0.1, -0.05) is 32.6 Å². The van der Waals surface area contributed by atoms with Gasteiger partial charge in [-0.25, -0.2) is 4.79 Å². The Kier molecular flexibility index (Phi) is 3.89. The molecule has 0 spiro atoms. The predicted octanol–water partition coefficient (Wildman–Crippen LogP) is 0.606. The van der Waals surface area contributed by atoms with E-state index in [0.717, 1.165) is 25.7 Å². The number of hydrogen-bond donors (Lipinski definition) is 2. The van der Waals surface area contributed by atoms with Gasteiger partial charge >= 0.3 is 5.97 Å². The predicted molar refractivity (Wildman–Crippen MR) is 50.7 cm³/mol. The van der Waals surface area contributed by atoms with Crippen molar-refractivity contribution in [1.82, 2.24) is 0 Å². The lowest BCUT2D eigenvalue weighted by Crippen LogP contribution is -2.42. The maximum Gasteiger partial charge on any atom is 0.338 e. The van der Waals surface area contributed by atoms with Crippen molar-refractivity contribution in [2.24, 2.45) is 0 Å². The summed E-state index contributed by atoms with van der Waals surface area (Å²) in [6, 6.07) is 0. The normalized spacial score (nSPS) is 31.9. The largest absolute Gasteiger partial charge is 0.460 e. The van der Waals surface area contributed by atoms with Gasteiger partial charge in [-0.2, -0.15) is 0 Å². The summed E-state index contributed by atoms with van der Waals surface area (Å²) in [5.74, 6) is -0.706. The topological polar surface area (TPSA) is 66.8 Å². The Balaban J connectivity index is 2.31. The fourth-order valence-corrected chi connectivity index (χ4v) is 1.64. The quantitative estimate of drug-likeness (QED) is 0.506. The molecular weight excluding hydrogens is 184 g/mol. The first-order valence-electron chi connectivity index (χ1n) is 5.17. The Morgan fingerprint density at radius 3 is 2.71 bits per heavy atom. The van der Waals surface area contributed by atoms with E-state index in [1.165, 1.54) is 0 Å². The van der Waals surface area contributed by atoms with Gasteiger partial charge in [0.05, 0.1) is 0 Å². The van der Waals surface area contributed by atoms with Gasteiger partial charge in [0, 0.05) is 0 Å². The first-order chi connectivity index (χ1) is 6.60. The molecule has 0 unspecified atom stereocenters. The highest BCUT2D eigenvalue weighted by molar-refractivity contribution is 5.78. The van der Waals surface area contributed by atoms with Gasteiger partial charge in [-0.15, -0.1) is 0 Å². The van der Waals surface area contributed by atoms with Crippen molar-refractivity contribution < 1.29 is 19.7 Å². The molecule has 82 valence electrons. The van der Waals surface area contributed by atoms with E-state index in [4.69, 9.17) is 0 Å². The Morgan fingerprint density at radius 1 is 1.50 bits per heavy atom. The molecule has 1 rings (SSSR count). The Morgan fingerprint density at radius 2 is 2.21 bits per heavy atom. The van der Waals surface area contributed by atoms with Gasteiger partial charge < -0.3 is 14.9 Å². The van der Waals surface area contributed by atoms with Crippen LogP contribution in [0, 0.1) is 0 Å². The van der Waals surface area contributed by atoms with Gasteiger partial charge in [-0.3, -0.25) is 0 Å². The molecular formula is C10H18O4. The molecule has 14 heavy (non-hydrogen) atoms. The van der Waals surface area contributed by atoms with Crippen molar-refractivity contribution in [2.75, 3.05) is 6.61 Å². The molecule has 0 aliphatic carbocycles. The van der Waals surface area contributed by atoms with Gasteiger partial charge in [0.2, 0.25) is 0 Å². The van der Waals surface area contributed by atoms with Crippen molar-refractivity contribution in [2.45, 2.75) is 50.7 Å². The maximum absolute atomic E-state index is 10.8. The first kappa shape index (κ1) is 11.5. The number of aliphatic hydroxyl groups excluding tert-OH is 1. The highest BCUT2D eigenvalue weighted by atomic mass is 16.6. The lowest BCUT2D eigenvalue weighted by molar-refractivity contribution is -0.146. The number of carbonyl (C=O) groups is 1. The summed E-state index contributed by atoms with van der Waals surface area (Å²) in [5.41, 5.74) is -1.34. The van der Waals surface area contributed by atoms with E-state index in [0.29, 0.717) is 6.42 Å². The fourth-order valence-electron chi connectivity index (χ4n) is 1.64. The van der Waals surface area contributed by atoms with E-state index in [-0.39, 0.29) is 6.61 Å². The summed E-state index contributed by atoms with van der Waals surface area (Å²) in [6.07, 6.45) is 3.14. The van der Waals surface area contributed by atoms with Crippen LogP contribution in [0.1, 0.15) is 39.0 Å². The number of hydrogen-bond acceptors (Lipinski definition) is 4. The van der Waals surface area contributed by atoms with E-state index in [9.17, 15) is 15.0 Å². The van der Waals surface area contributed by atoms with Crippen LogP contribution in [0.4, 0.5) is 0 Å². The number of carbonyl (C=O) groups excluding carboxylic acids is 1. The standard InChI is InChI=1S/C10H18O4/c1-2-3-4-5-6-10(13)7-14-9(12)8(10)11/h8,11,13H,2-7H2,1H3/t8-,10+/m1/s1. The molecule has 0 bridgehead atoms. The summed E-state index contributed by atoms with van der Waals surface area (Å²) in [4.78, 5) is 10.8.